The molecule has 1 unspecified atom stereocenters. The van der Waals surface area contributed by atoms with Crippen molar-refractivity contribution in [1.82, 2.24) is 0 Å². The molecule has 0 saturated carbocycles. The highest BCUT2D eigenvalue weighted by atomic mass is 16.6. The van der Waals surface area contributed by atoms with Gasteiger partial charge in [-0.15, -0.1) is 0 Å². The molecule has 0 aromatic carbocycles. The van der Waals surface area contributed by atoms with Gasteiger partial charge in [-0.3, -0.25) is 14.4 Å². The smallest absolute Gasteiger partial charge is 0.306 e. The number of carbonyl (C=O) groups is 3. The summed E-state index contributed by atoms with van der Waals surface area (Å²) in [5, 5.41) is 0. The summed E-state index contributed by atoms with van der Waals surface area (Å²) >= 11 is 0. The van der Waals surface area contributed by atoms with Gasteiger partial charge in [0, 0.05) is 19.3 Å². The maximum Gasteiger partial charge on any atom is 0.306 e. The molecule has 0 spiro atoms. The van der Waals surface area contributed by atoms with Gasteiger partial charge < -0.3 is 14.2 Å². The van der Waals surface area contributed by atoms with Crippen molar-refractivity contribution >= 4 is 17.9 Å². The summed E-state index contributed by atoms with van der Waals surface area (Å²) in [7, 11) is 0. The van der Waals surface area contributed by atoms with E-state index in [0.717, 1.165) is 70.6 Å². The number of hydrogen-bond acceptors (Lipinski definition) is 6. The third-order valence-electron chi connectivity index (χ3n) is 16.4. The van der Waals surface area contributed by atoms with Crippen LogP contribution in [0.25, 0.3) is 0 Å². The van der Waals surface area contributed by atoms with E-state index >= 15 is 0 Å². The van der Waals surface area contributed by atoms with E-state index in [1.807, 2.05) is 0 Å². The van der Waals surface area contributed by atoms with Crippen molar-refractivity contribution < 1.29 is 28.6 Å². The standard InChI is InChI=1S/C74H138O6/c1-4-7-10-13-16-19-22-25-28-31-33-35-36-37-38-40-41-43-46-49-52-55-58-61-64-67-73(76)79-70-71(69-78-72(75)66-63-60-57-54-51-48-45-30-27-24-21-18-15-12-9-6-3)80-74(77)68-65-62-59-56-53-50-47-44-42-39-34-32-29-26-23-20-17-14-11-8-5-2/h23,26,30,32,34,45,71H,4-22,24-25,27-29,31,33,35-44,46-70H2,1-3H3/b26-23-,34-32-,45-30-. The van der Waals surface area contributed by atoms with Crippen LogP contribution in [0.2, 0.25) is 0 Å². The van der Waals surface area contributed by atoms with Crippen molar-refractivity contribution in [2.24, 2.45) is 0 Å². The summed E-state index contributed by atoms with van der Waals surface area (Å²) in [6, 6.07) is 0. The van der Waals surface area contributed by atoms with E-state index in [2.05, 4.69) is 57.2 Å². The summed E-state index contributed by atoms with van der Waals surface area (Å²) in [5.41, 5.74) is 0. The number of allylic oxidation sites excluding steroid dienone is 6. The Kier molecular flexibility index (Phi) is 67.1. The zero-order valence-corrected chi connectivity index (χ0v) is 54.1. The van der Waals surface area contributed by atoms with E-state index in [4.69, 9.17) is 14.2 Å². The molecule has 0 aliphatic carbocycles. The topological polar surface area (TPSA) is 78.9 Å². The molecule has 6 heteroatoms. The maximum absolute atomic E-state index is 13.0. The van der Waals surface area contributed by atoms with E-state index in [-0.39, 0.29) is 31.1 Å². The summed E-state index contributed by atoms with van der Waals surface area (Å²) in [5.74, 6) is -0.855. The van der Waals surface area contributed by atoms with E-state index < -0.39 is 6.10 Å². The lowest BCUT2D eigenvalue weighted by Gasteiger charge is -2.18. The van der Waals surface area contributed by atoms with Crippen LogP contribution in [-0.2, 0) is 28.6 Å². The molecule has 0 fully saturated rings. The van der Waals surface area contributed by atoms with Gasteiger partial charge >= 0.3 is 17.9 Å². The van der Waals surface area contributed by atoms with Crippen molar-refractivity contribution in [3.05, 3.63) is 36.5 Å². The SMILES string of the molecule is CCCCCCC/C=C\C/C=C\CCCCCCCCCCCC(=O)OC(COC(=O)CCCCCCC/C=C\CCCCCCCCC)COC(=O)CCCCCCCCCCCCCCCCCCCCCCCCCCC. The molecule has 0 amide bonds. The van der Waals surface area contributed by atoms with Crippen molar-refractivity contribution in [1.29, 1.82) is 0 Å². The molecule has 0 aliphatic heterocycles. The van der Waals surface area contributed by atoms with Crippen LogP contribution in [0, 0.1) is 0 Å². The van der Waals surface area contributed by atoms with Crippen LogP contribution in [0.4, 0.5) is 0 Å². The Morgan fingerprint density at radius 1 is 0.250 bits per heavy atom. The molecule has 0 radical (unpaired) electrons. The third kappa shape index (κ3) is 66.4. The number of carbonyl (C=O) groups excluding carboxylic acids is 3. The highest BCUT2D eigenvalue weighted by Crippen LogP contribution is 2.18. The molecule has 80 heavy (non-hydrogen) atoms. The van der Waals surface area contributed by atoms with Crippen LogP contribution in [0.5, 0.6) is 0 Å². The highest BCUT2D eigenvalue weighted by molar-refractivity contribution is 5.71. The summed E-state index contributed by atoms with van der Waals surface area (Å²) in [6.45, 7) is 6.70. The first kappa shape index (κ1) is 77.6. The average Bonchev–Trinajstić information content (AvgIpc) is 3.46. The van der Waals surface area contributed by atoms with Crippen molar-refractivity contribution in [2.45, 2.75) is 406 Å². The largest absolute Gasteiger partial charge is 0.462 e. The van der Waals surface area contributed by atoms with Gasteiger partial charge in [0.25, 0.3) is 0 Å². The monoisotopic (exact) mass is 1120 g/mol. The molecular formula is C74H138O6. The molecule has 0 saturated heterocycles. The number of rotatable bonds is 67. The molecule has 0 aromatic heterocycles. The second kappa shape index (κ2) is 69.1. The molecule has 470 valence electrons. The van der Waals surface area contributed by atoms with Crippen LogP contribution >= 0.6 is 0 Å². The summed E-state index contributed by atoms with van der Waals surface area (Å²) in [4.78, 5) is 38.5. The minimum absolute atomic E-state index is 0.0717. The van der Waals surface area contributed by atoms with Crippen LogP contribution < -0.4 is 0 Å². The Labute approximate surface area is 499 Å². The first-order valence-corrected chi connectivity index (χ1v) is 36.0. The lowest BCUT2D eigenvalue weighted by atomic mass is 10.0. The molecular weight excluding hydrogens is 985 g/mol. The minimum atomic E-state index is -0.777. The van der Waals surface area contributed by atoms with Gasteiger partial charge in [0.1, 0.15) is 13.2 Å². The first-order valence-electron chi connectivity index (χ1n) is 36.0. The highest BCUT2D eigenvalue weighted by Gasteiger charge is 2.19. The molecule has 0 rings (SSSR count). The van der Waals surface area contributed by atoms with Crippen molar-refractivity contribution in [3.8, 4) is 0 Å². The Morgan fingerprint density at radius 2 is 0.450 bits per heavy atom. The molecule has 6 nitrogen and oxygen atoms in total. The quantitative estimate of drug-likeness (QED) is 0.0261. The normalized spacial score (nSPS) is 12.2. The Bertz CT molecular complexity index is 1340. The van der Waals surface area contributed by atoms with Crippen molar-refractivity contribution in [2.75, 3.05) is 13.2 Å². The van der Waals surface area contributed by atoms with Gasteiger partial charge in [0.2, 0.25) is 0 Å². The van der Waals surface area contributed by atoms with E-state index in [0.29, 0.717) is 19.3 Å². The number of unbranched alkanes of at least 4 members (excludes halogenated alkanes) is 50. The molecule has 0 aliphatic rings. The van der Waals surface area contributed by atoms with E-state index in [1.165, 1.54) is 289 Å². The minimum Gasteiger partial charge on any atom is -0.462 e. The Balaban J connectivity index is 4.28. The Hall–Kier alpha value is -2.37. The summed E-state index contributed by atoms with van der Waals surface area (Å²) < 4.78 is 17.0. The molecule has 0 bridgehead atoms. The predicted molar refractivity (Wildman–Crippen MR) is 349 cm³/mol. The fourth-order valence-corrected chi connectivity index (χ4v) is 10.9. The van der Waals surface area contributed by atoms with Crippen LogP contribution in [0.1, 0.15) is 400 Å². The lowest BCUT2D eigenvalue weighted by molar-refractivity contribution is -0.167. The van der Waals surface area contributed by atoms with E-state index in [9.17, 15) is 14.4 Å². The average molecular weight is 1120 g/mol. The predicted octanol–water partition coefficient (Wildman–Crippen LogP) is 24.7. The fraction of sp³-hybridized carbons (Fsp3) is 0.878. The van der Waals surface area contributed by atoms with Gasteiger partial charge in [-0.2, -0.15) is 0 Å². The van der Waals surface area contributed by atoms with Crippen LogP contribution in [0.3, 0.4) is 0 Å². The van der Waals surface area contributed by atoms with Gasteiger partial charge in [-0.25, -0.2) is 0 Å². The van der Waals surface area contributed by atoms with Gasteiger partial charge in [0.15, 0.2) is 6.10 Å². The maximum atomic E-state index is 13.0. The van der Waals surface area contributed by atoms with E-state index in [1.54, 1.807) is 0 Å². The first-order chi connectivity index (χ1) is 39.5. The zero-order valence-electron chi connectivity index (χ0n) is 54.1. The second-order valence-electron chi connectivity index (χ2n) is 24.5. The second-order valence-corrected chi connectivity index (χ2v) is 24.5. The van der Waals surface area contributed by atoms with Crippen molar-refractivity contribution in [3.63, 3.8) is 0 Å². The third-order valence-corrected chi connectivity index (χ3v) is 16.4. The molecule has 1 atom stereocenters. The van der Waals surface area contributed by atoms with Gasteiger partial charge in [-0.1, -0.05) is 340 Å². The van der Waals surface area contributed by atoms with Gasteiger partial charge in [-0.05, 0) is 77.0 Å². The Morgan fingerprint density at radius 3 is 0.700 bits per heavy atom. The number of esters is 3. The summed E-state index contributed by atoms with van der Waals surface area (Å²) in [6.07, 6.45) is 86.0. The molecule has 0 heterocycles. The number of hydrogen-bond donors (Lipinski definition) is 0. The molecule has 0 N–H and O–H groups in total. The van der Waals surface area contributed by atoms with Crippen LogP contribution in [0.15, 0.2) is 36.5 Å². The molecule has 0 aromatic rings. The number of ether oxygens (including phenoxy) is 3. The fourth-order valence-electron chi connectivity index (χ4n) is 10.9. The lowest BCUT2D eigenvalue weighted by Crippen LogP contribution is -2.30. The van der Waals surface area contributed by atoms with Crippen LogP contribution in [-0.4, -0.2) is 37.2 Å². The van der Waals surface area contributed by atoms with Gasteiger partial charge in [0.05, 0.1) is 0 Å². The zero-order chi connectivity index (χ0) is 57.8.